The lowest BCUT2D eigenvalue weighted by atomic mass is 9.96. The van der Waals surface area contributed by atoms with E-state index in [2.05, 4.69) is 19.2 Å². The zero-order valence-electron chi connectivity index (χ0n) is 14.8. The van der Waals surface area contributed by atoms with Crippen molar-refractivity contribution >= 4 is 17.4 Å². The van der Waals surface area contributed by atoms with Gasteiger partial charge in [-0.3, -0.25) is 9.59 Å². The average molecular weight is 343 g/mol. The number of quaternary nitrogens is 1. The zero-order valence-corrected chi connectivity index (χ0v) is 14.8. The van der Waals surface area contributed by atoms with Crippen LogP contribution < -0.4 is 10.6 Å². The number of halogens is 1. The molecule has 0 radical (unpaired) electrons. The highest BCUT2D eigenvalue weighted by molar-refractivity contribution is 5.97. The van der Waals surface area contributed by atoms with E-state index in [1.165, 1.54) is 19.1 Å². The van der Waals surface area contributed by atoms with Crippen LogP contribution in [0.2, 0.25) is 0 Å². The predicted molar refractivity (Wildman–Crippen MR) is 95.8 cm³/mol. The lowest BCUT2D eigenvalue weighted by Gasteiger charge is -2.19. The van der Waals surface area contributed by atoms with Gasteiger partial charge >= 0.3 is 0 Å². The third-order valence-electron chi connectivity index (χ3n) is 4.08. The highest BCUT2D eigenvalue weighted by Crippen LogP contribution is 2.18. The quantitative estimate of drug-likeness (QED) is 0.759. The molecule has 0 aromatic heterocycles. The number of amides is 1. The first-order valence-corrected chi connectivity index (χ1v) is 8.36. The Morgan fingerprint density at radius 3 is 2.40 bits per heavy atom. The van der Waals surface area contributed by atoms with Crippen LogP contribution in [0.3, 0.4) is 0 Å². The van der Waals surface area contributed by atoms with Crippen LogP contribution in [-0.4, -0.2) is 18.2 Å². The number of ketones is 1. The Kier molecular flexibility index (Phi) is 6.42. The molecule has 0 heterocycles. The summed E-state index contributed by atoms with van der Waals surface area (Å²) in [5, 5.41) is 4.76. The molecule has 0 fully saturated rings. The Morgan fingerprint density at radius 2 is 1.80 bits per heavy atom. The Hall–Kier alpha value is -2.53. The minimum absolute atomic E-state index is 0.0427. The van der Waals surface area contributed by atoms with E-state index in [0.717, 1.165) is 5.56 Å². The molecule has 2 aromatic rings. The van der Waals surface area contributed by atoms with Crippen molar-refractivity contribution < 1.29 is 19.3 Å². The minimum atomic E-state index is -0.269. The van der Waals surface area contributed by atoms with Crippen LogP contribution in [0.15, 0.2) is 48.5 Å². The number of Topliss-reactive ketones (excluding diaryl/α,β-unsaturated/α-hetero) is 1. The molecule has 1 amide bonds. The highest BCUT2D eigenvalue weighted by atomic mass is 19.1. The van der Waals surface area contributed by atoms with Crippen molar-refractivity contribution in [1.29, 1.82) is 0 Å². The number of hydrogen-bond donors (Lipinski definition) is 2. The van der Waals surface area contributed by atoms with Crippen LogP contribution in [0.5, 0.6) is 0 Å². The van der Waals surface area contributed by atoms with Crippen molar-refractivity contribution in [3.63, 3.8) is 0 Å². The van der Waals surface area contributed by atoms with E-state index in [4.69, 9.17) is 0 Å². The molecule has 25 heavy (non-hydrogen) atoms. The normalized spacial score (nSPS) is 12.0. The van der Waals surface area contributed by atoms with Gasteiger partial charge in [0.05, 0.1) is 0 Å². The number of rotatable bonds is 7. The molecule has 0 saturated heterocycles. The maximum Gasteiger partial charge on any atom is 0.279 e. The van der Waals surface area contributed by atoms with Gasteiger partial charge in [-0.1, -0.05) is 38.1 Å². The standard InChI is InChI=1S/C20H23FN2O2/c1-13(2)20(15-7-9-17(21)10-8-15)22-12-19(25)23-18-6-4-5-16(11-18)14(3)24/h4-11,13,20,22H,12H2,1-3H3,(H,23,25)/p+1/t20-/m0/s1. The van der Waals surface area contributed by atoms with Gasteiger partial charge in [-0.05, 0) is 31.2 Å². The fraction of sp³-hybridized carbons (Fsp3) is 0.300. The van der Waals surface area contributed by atoms with E-state index in [0.29, 0.717) is 17.2 Å². The van der Waals surface area contributed by atoms with Gasteiger partial charge in [-0.15, -0.1) is 0 Å². The van der Waals surface area contributed by atoms with Crippen LogP contribution >= 0.6 is 0 Å². The summed E-state index contributed by atoms with van der Waals surface area (Å²) in [6.45, 7) is 5.87. The van der Waals surface area contributed by atoms with Gasteiger partial charge in [-0.25, -0.2) is 4.39 Å². The van der Waals surface area contributed by atoms with Gasteiger partial charge in [0.15, 0.2) is 12.3 Å². The Balaban J connectivity index is 1.98. The molecule has 3 N–H and O–H groups in total. The van der Waals surface area contributed by atoms with Gasteiger partial charge in [-0.2, -0.15) is 0 Å². The number of carbonyl (C=O) groups is 2. The monoisotopic (exact) mass is 343 g/mol. The van der Waals surface area contributed by atoms with Gasteiger partial charge in [0.2, 0.25) is 0 Å². The van der Waals surface area contributed by atoms with E-state index < -0.39 is 0 Å². The molecule has 0 bridgehead atoms. The maximum absolute atomic E-state index is 13.1. The number of anilines is 1. The summed E-state index contributed by atoms with van der Waals surface area (Å²) in [5.41, 5.74) is 2.16. The highest BCUT2D eigenvalue weighted by Gasteiger charge is 2.20. The van der Waals surface area contributed by atoms with Crippen LogP contribution in [0.1, 0.15) is 42.7 Å². The molecular weight excluding hydrogens is 319 g/mol. The van der Waals surface area contributed by atoms with E-state index in [1.807, 2.05) is 5.32 Å². The Labute approximate surface area is 147 Å². The number of nitrogens with one attached hydrogen (secondary N) is 1. The lowest BCUT2D eigenvalue weighted by Crippen LogP contribution is -2.88. The summed E-state index contributed by atoms with van der Waals surface area (Å²) in [6, 6.07) is 13.3. The molecule has 0 aliphatic rings. The second-order valence-corrected chi connectivity index (χ2v) is 6.45. The molecule has 0 unspecified atom stereocenters. The summed E-state index contributed by atoms with van der Waals surface area (Å²) in [4.78, 5) is 23.6. The van der Waals surface area contributed by atoms with Crippen LogP contribution in [0.4, 0.5) is 10.1 Å². The molecule has 132 valence electrons. The largest absolute Gasteiger partial charge is 0.332 e. The first-order chi connectivity index (χ1) is 11.9. The first-order valence-electron chi connectivity index (χ1n) is 8.36. The second-order valence-electron chi connectivity index (χ2n) is 6.45. The summed E-state index contributed by atoms with van der Waals surface area (Å²) >= 11 is 0. The smallest absolute Gasteiger partial charge is 0.279 e. The summed E-state index contributed by atoms with van der Waals surface area (Å²) in [7, 11) is 0. The summed E-state index contributed by atoms with van der Waals surface area (Å²) in [5.74, 6) is -0.166. The number of benzene rings is 2. The van der Waals surface area contributed by atoms with Crippen molar-refractivity contribution in [3.05, 3.63) is 65.5 Å². The number of carbonyl (C=O) groups excluding carboxylic acids is 2. The average Bonchev–Trinajstić information content (AvgIpc) is 2.56. The molecule has 5 heteroatoms. The topological polar surface area (TPSA) is 62.8 Å². The second kappa shape index (κ2) is 8.53. The van der Waals surface area contributed by atoms with Crippen molar-refractivity contribution in [2.45, 2.75) is 26.8 Å². The van der Waals surface area contributed by atoms with Gasteiger partial charge < -0.3 is 10.6 Å². The molecule has 0 aliphatic heterocycles. The van der Waals surface area contributed by atoms with Gasteiger partial charge in [0, 0.05) is 22.7 Å². The predicted octanol–water partition coefficient (Wildman–Crippen LogP) is 2.93. The van der Waals surface area contributed by atoms with Crippen molar-refractivity contribution in [3.8, 4) is 0 Å². The summed E-state index contributed by atoms with van der Waals surface area (Å²) < 4.78 is 13.1. The zero-order chi connectivity index (χ0) is 18.4. The Morgan fingerprint density at radius 1 is 1.12 bits per heavy atom. The third kappa shape index (κ3) is 5.50. The SMILES string of the molecule is CC(=O)c1cccc(NC(=O)C[NH2+][C@H](c2ccc(F)cc2)C(C)C)c1. The first kappa shape index (κ1) is 18.8. The third-order valence-corrected chi connectivity index (χ3v) is 4.08. The molecular formula is C20H24FN2O2+. The maximum atomic E-state index is 13.1. The van der Waals surface area contributed by atoms with E-state index in [9.17, 15) is 14.0 Å². The number of nitrogens with two attached hydrogens (primary N) is 1. The molecule has 1 atom stereocenters. The fourth-order valence-electron chi connectivity index (χ4n) is 2.74. The van der Waals surface area contributed by atoms with Gasteiger partial charge in [0.25, 0.3) is 5.91 Å². The summed E-state index contributed by atoms with van der Waals surface area (Å²) in [6.07, 6.45) is 0. The van der Waals surface area contributed by atoms with Crippen LogP contribution in [0.25, 0.3) is 0 Å². The van der Waals surface area contributed by atoms with Crippen LogP contribution in [0, 0.1) is 11.7 Å². The van der Waals surface area contributed by atoms with E-state index in [-0.39, 0.29) is 30.1 Å². The molecule has 0 saturated carbocycles. The molecule has 0 aliphatic carbocycles. The van der Waals surface area contributed by atoms with Crippen molar-refractivity contribution in [2.24, 2.45) is 5.92 Å². The van der Waals surface area contributed by atoms with Crippen LogP contribution in [-0.2, 0) is 4.79 Å². The molecule has 2 aromatic carbocycles. The van der Waals surface area contributed by atoms with Crippen molar-refractivity contribution in [2.75, 3.05) is 11.9 Å². The van der Waals surface area contributed by atoms with Crippen molar-refractivity contribution in [1.82, 2.24) is 0 Å². The molecule has 2 rings (SSSR count). The van der Waals surface area contributed by atoms with E-state index >= 15 is 0 Å². The number of hydrogen-bond acceptors (Lipinski definition) is 2. The Bertz CT molecular complexity index is 742. The van der Waals surface area contributed by atoms with Gasteiger partial charge in [0.1, 0.15) is 11.9 Å². The lowest BCUT2D eigenvalue weighted by molar-refractivity contribution is -0.692. The molecule has 4 nitrogen and oxygen atoms in total. The minimum Gasteiger partial charge on any atom is -0.332 e. The van der Waals surface area contributed by atoms with E-state index in [1.54, 1.807) is 36.4 Å². The fourth-order valence-corrected chi connectivity index (χ4v) is 2.74. The molecule has 0 spiro atoms.